The second kappa shape index (κ2) is 10.4. The van der Waals surface area contributed by atoms with Gasteiger partial charge < -0.3 is 0 Å². The van der Waals surface area contributed by atoms with Crippen LogP contribution >= 0.6 is 0 Å². The monoisotopic (exact) mass is 138 g/mol. The van der Waals surface area contributed by atoms with Gasteiger partial charge in [0.05, 0.1) is 0 Å². The molecular weight excluding hydrogens is 125 g/mol. The van der Waals surface area contributed by atoms with Crippen LogP contribution in [0.3, 0.4) is 0 Å². The quantitative estimate of drug-likeness (QED) is 0.511. The smallest absolute Gasteiger partial charge is 0.118 e. The molecule has 0 aliphatic rings. The van der Waals surface area contributed by atoms with E-state index in [0.717, 1.165) is 5.92 Å². The van der Waals surface area contributed by atoms with Crippen molar-refractivity contribution >= 4 is 16.3 Å². The first-order valence-electron chi connectivity index (χ1n) is 2.47. The molecule has 0 fully saturated rings. The Bertz CT molecular complexity index is 31.6. The van der Waals surface area contributed by atoms with Crippen LogP contribution in [0.25, 0.3) is 0 Å². The third-order valence-corrected chi connectivity index (χ3v) is 1.08. The van der Waals surface area contributed by atoms with E-state index in [9.17, 15) is 0 Å². The first-order chi connectivity index (χ1) is 2.77. The van der Waals surface area contributed by atoms with Crippen LogP contribution in [0.2, 0.25) is 5.28 Å². The van der Waals surface area contributed by atoms with E-state index in [2.05, 4.69) is 30.1 Å². The zero-order valence-corrected chi connectivity index (χ0v) is 6.54. The largest absolute Gasteiger partial charge is 0.269 e. The molecule has 0 aromatic carbocycles. The molecule has 50 valence electrons. The van der Waals surface area contributed by atoms with E-state index in [-0.39, 0.29) is 9.41 Å². The van der Waals surface area contributed by atoms with Crippen LogP contribution in [0.1, 0.15) is 20.3 Å². The maximum absolute atomic E-state index is 2.72. The summed E-state index contributed by atoms with van der Waals surface area (Å²) in [5.74, 6) is 0.877. The molecule has 8 heavy (non-hydrogen) atoms. The third-order valence-electron chi connectivity index (χ3n) is 0.744. The van der Waals surface area contributed by atoms with Gasteiger partial charge in [-0.25, -0.2) is 0 Å². The summed E-state index contributed by atoms with van der Waals surface area (Å²) in [6, 6.07) is 0. The molecule has 0 saturated carbocycles. The van der Waals surface area contributed by atoms with Crippen molar-refractivity contribution < 1.29 is 9.41 Å². The maximum Gasteiger partial charge on any atom is 0.118 e. The van der Waals surface area contributed by atoms with Crippen molar-refractivity contribution in [2.24, 2.45) is 5.92 Å². The van der Waals surface area contributed by atoms with E-state index in [1.807, 2.05) is 0 Å². The van der Waals surface area contributed by atoms with Crippen molar-refractivity contribution in [3.63, 3.8) is 0 Å². The summed E-state index contributed by atoms with van der Waals surface area (Å²) in [5.41, 5.74) is 0. The predicted molar refractivity (Wildman–Crippen MR) is 35.0 cm³/mol. The van der Waals surface area contributed by atoms with Crippen LogP contribution in [0.5, 0.6) is 0 Å². The van der Waals surface area contributed by atoms with E-state index >= 15 is 0 Å². The fraction of sp³-hybridized carbons (Fsp3) is 1.00. The van der Waals surface area contributed by atoms with E-state index in [1.54, 1.807) is 0 Å². The van der Waals surface area contributed by atoms with Crippen molar-refractivity contribution in [1.29, 1.82) is 0 Å². The molecule has 0 spiro atoms. The Morgan fingerprint density at radius 1 is 1.25 bits per heavy atom. The van der Waals surface area contributed by atoms with Gasteiger partial charge in [-0.2, -0.15) is 0 Å². The molecule has 0 N–H and O–H groups in total. The highest BCUT2D eigenvalue weighted by atomic mass is 27.0. The molecule has 0 aromatic heterocycles. The minimum atomic E-state index is 0. The van der Waals surface area contributed by atoms with Crippen molar-refractivity contribution in [1.82, 2.24) is 0 Å². The molecule has 0 unspecified atom stereocenters. The van der Waals surface area contributed by atoms with Gasteiger partial charge >= 0.3 is 0 Å². The number of rotatable bonds is 2. The van der Waals surface area contributed by atoms with Crippen molar-refractivity contribution in [3.8, 4) is 0 Å². The molecule has 0 saturated heterocycles. The highest BCUT2D eigenvalue weighted by Crippen LogP contribution is 1.99. The highest BCUT2D eigenvalue weighted by molar-refractivity contribution is 6.08. The van der Waals surface area contributed by atoms with Crippen LogP contribution < -0.4 is 0 Å². The molecule has 0 amide bonds. The number of hydrogen-bond acceptors (Lipinski definition) is 0. The molecule has 0 aromatic rings. The average Bonchev–Trinajstić information content (AvgIpc) is 1.35. The summed E-state index contributed by atoms with van der Waals surface area (Å²) in [6.07, 6.45) is 1.34. The SMILES string of the molecule is CC(C)C[CH2][Al].F.F. The number of halogens is 2. The second-order valence-electron chi connectivity index (χ2n) is 1.97. The molecule has 0 nitrogen and oxygen atoms in total. The third kappa shape index (κ3) is 16.2. The lowest BCUT2D eigenvalue weighted by Gasteiger charge is -1.96. The zero-order valence-electron chi connectivity index (χ0n) is 5.39. The topological polar surface area (TPSA) is 0 Å². The van der Waals surface area contributed by atoms with E-state index in [0.29, 0.717) is 0 Å². The second-order valence-corrected chi connectivity index (χ2v) is 2.55. The van der Waals surface area contributed by atoms with Gasteiger partial charge in [-0.05, 0) is 5.92 Å². The van der Waals surface area contributed by atoms with Crippen LogP contribution in [-0.2, 0) is 0 Å². The summed E-state index contributed by atoms with van der Waals surface area (Å²) in [7, 11) is 0. The van der Waals surface area contributed by atoms with Gasteiger partial charge in [0, 0.05) is 0 Å². The first-order valence-corrected chi connectivity index (χ1v) is 3.29. The Hall–Kier alpha value is 0.392. The van der Waals surface area contributed by atoms with Crippen molar-refractivity contribution in [2.45, 2.75) is 25.6 Å². The lowest BCUT2D eigenvalue weighted by atomic mass is 10.2. The lowest BCUT2D eigenvalue weighted by molar-refractivity contribution is 0.626. The summed E-state index contributed by atoms with van der Waals surface area (Å²) in [4.78, 5) is 0. The summed E-state index contributed by atoms with van der Waals surface area (Å²) in [5, 5.41) is 1.25. The average molecular weight is 138 g/mol. The van der Waals surface area contributed by atoms with Gasteiger partial charge in [0.25, 0.3) is 0 Å². The summed E-state index contributed by atoms with van der Waals surface area (Å²) < 4.78 is 0. The Balaban J connectivity index is -0.000000125. The zero-order chi connectivity index (χ0) is 4.99. The summed E-state index contributed by atoms with van der Waals surface area (Å²) in [6.45, 7) is 4.48. The Morgan fingerprint density at radius 2 is 1.62 bits per heavy atom. The Labute approximate surface area is 57.8 Å². The Morgan fingerprint density at radius 3 is 1.62 bits per heavy atom. The molecule has 3 heteroatoms. The van der Waals surface area contributed by atoms with Crippen molar-refractivity contribution in [2.75, 3.05) is 0 Å². The normalized spacial score (nSPS) is 7.38. The van der Waals surface area contributed by atoms with Crippen LogP contribution in [0, 0.1) is 5.92 Å². The van der Waals surface area contributed by atoms with E-state index < -0.39 is 0 Å². The van der Waals surface area contributed by atoms with Gasteiger partial charge in [0.15, 0.2) is 0 Å². The van der Waals surface area contributed by atoms with Crippen LogP contribution in [0.15, 0.2) is 0 Å². The molecule has 0 bridgehead atoms. The number of hydrogen-bond donors (Lipinski definition) is 0. The molecule has 2 radical (unpaired) electrons. The fourth-order valence-corrected chi connectivity index (χ4v) is 1.00. The maximum atomic E-state index is 2.72. The fourth-order valence-electron chi connectivity index (χ4n) is 0.333. The molecule has 0 aliphatic heterocycles. The van der Waals surface area contributed by atoms with Crippen LogP contribution in [0.4, 0.5) is 9.41 Å². The molecule has 0 heterocycles. The first kappa shape index (κ1) is 15.8. The van der Waals surface area contributed by atoms with Crippen molar-refractivity contribution in [3.05, 3.63) is 0 Å². The molecule has 0 atom stereocenters. The van der Waals surface area contributed by atoms with Gasteiger partial charge in [-0.1, -0.05) is 20.3 Å². The van der Waals surface area contributed by atoms with E-state index in [1.165, 1.54) is 11.7 Å². The Kier molecular flexibility index (Phi) is 20.5. The van der Waals surface area contributed by atoms with Gasteiger partial charge in [0.1, 0.15) is 16.3 Å². The molecule has 0 aliphatic carbocycles. The van der Waals surface area contributed by atoms with Gasteiger partial charge in [0.2, 0.25) is 0 Å². The van der Waals surface area contributed by atoms with Crippen LogP contribution in [-0.4, -0.2) is 16.3 Å². The highest BCUT2D eigenvalue weighted by Gasteiger charge is 1.85. The summed E-state index contributed by atoms with van der Waals surface area (Å²) >= 11 is 2.72. The van der Waals surface area contributed by atoms with Gasteiger partial charge in [-0.3, -0.25) is 9.41 Å². The standard InChI is InChI=1S/C5H11.Al.2FH/c1-4-5(2)3;;;/h5H,1,4H2,2-3H3;;2*1H. The lowest BCUT2D eigenvalue weighted by Crippen LogP contribution is -1.83. The van der Waals surface area contributed by atoms with E-state index in [4.69, 9.17) is 0 Å². The minimum absolute atomic E-state index is 0. The molecular formula is C5H13AlF2. The molecule has 0 rings (SSSR count). The minimum Gasteiger partial charge on any atom is -0.269 e. The predicted octanol–water partition coefficient (Wildman–Crippen LogP) is 1.92. The van der Waals surface area contributed by atoms with Gasteiger partial charge in [-0.15, -0.1) is 5.28 Å².